The third kappa shape index (κ3) is 2.94. The van der Waals surface area contributed by atoms with Gasteiger partial charge in [0.1, 0.15) is 12.4 Å². The van der Waals surface area contributed by atoms with Crippen LogP contribution in [0.5, 0.6) is 5.75 Å². The molecule has 0 saturated heterocycles. The van der Waals surface area contributed by atoms with Crippen molar-refractivity contribution >= 4 is 22.6 Å². The molecule has 0 unspecified atom stereocenters. The lowest BCUT2D eigenvalue weighted by molar-refractivity contribution is 0.300. The molecule has 2 aromatic rings. The van der Waals surface area contributed by atoms with E-state index in [1.807, 2.05) is 30.3 Å². The highest BCUT2D eigenvalue weighted by molar-refractivity contribution is 14.1. The maximum Gasteiger partial charge on any atom is 0.175 e. The summed E-state index contributed by atoms with van der Waals surface area (Å²) >= 11 is 1.73. The molecule has 0 N–H and O–H groups in total. The van der Waals surface area contributed by atoms with Crippen LogP contribution in [0.2, 0.25) is 0 Å². The molecule has 4 heteroatoms. The molecule has 0 spiro atoms. The Labute approximate surface area is 112 Å². The Morgan fingerprint density at radius 1 is 1.00 bits per heavy atom. The zero-order valence-electron chi connectivity index (χ0n) is 8.79. The van der Waals surface area contributed by atoms with Crippen molar-refractivity contribution in [3.8, 4) is 5.75 Å². The molecule has 0 amide bonds. The van der Waals surface area contributed by atoms with Gasteiger partial charge in [0.05, 0.1) is 3.57 Å². The van der Waals surface area contributed by atoms with E-state index in [-0.39, 0.29) is 3.57 Å². The van der Waals surface area contributed by atoms with E-state index in [0.29, 0.717) is 12.4 Å². The van der Waals surface area contributed by atoms with Crippen molar-refractivity contribution in [2.75, 3.05) is 0 Å². The van der Waals surface area contributed by atoms with Gasteiger partial charge in [-0.3, -0.25) is 0 Å². The van der Waals surface area contributed by atoms with Crippen LogP contribution < -0.4 is 4.74 Å². The van der Waals surface area contributed by atoms with Crippen LogP contribution in [0.3, 0.4) is 0 Å². The molecule has 0 fully saturated rings. The van der Waals surface area contributed by atoms with Crippen molar-refractivity contribution in [1.29, 1.82) is 0 Å². The molecule has 0 aliphatic rings. The number of rotatable bonds is 3. The predicted octanol–water partition coefficient (Wildman–Crippen LogP) is 4.15. The third-order valence-electron chi connectivity index (χ3n) is 2.24. The standard InChI is InChI=1S/C13H9F2IO/c14-10-6-7-11(13(16)12(10)15)17-8-9-4-2-1-3-5-9/h1-7H,8H2. The van der Waals surface area contributed by atoms with Gasteiger partial charge in [-0.25, -0.2) is 8.78 Å². The summed E-state index contributed by atoms with van der Waals surface area (Å²) in [6, 6.07) is 12.0. The van der Waals surface area contributed by atoms with Gasteiger partial charge < -0.3 is 4.74 Å². The summed E-state index contributed by atoms with van der Waals surface area (Å²) in [7, 11) is 0. The minimum atomic E-state index is -0.865. The third-order valence-corrected chi connectivity index (χ3v) is 3.24. The molecule has 1 nitrogen and oxygen atoms in total. The van der Waals surface area contributed by atoms with Crippen LogP contribution in [0.4, 0.5) is 8.78 Å². The zero-order chi connectivity index (χ0) is 12.3. The fourth-order valence-electron chi connectivity index (χ4n) is 1.35. The summed E-state index contributed by atoms with van der Waals surface area (Å²) in [4.78, 5) is 0. The van der Waals surface area contributed by atoms with Gasteiger partial charge in [0.25, 0.3) is 0 Å². The maximum absolute atomic E-state index is 13.3. The average molecular weight is 346 g/mol. The van der Waals surface area contributed by atoms with Gasteiger partial charge in [-0.15, -0.1) is 0 Å². The predicted molar refractivity (Wildman–Crippen MR) is 69.8 cm³/mol. The Hall–Kier alpha value is -1.17. The first-order valence-electron chi connectivity index (χ1n) is 4.98. The lowest BCUT2D eigenvalue weighted by Gasteiger charge is -2.09. The molecule has 0 atom stereocenters. The molecule has 0 saturated carbocycles. The quantitative estimate of drug-likeness (QED) is 0.599. The number of hydrogen-bond donors (Lipinski definition) is 0. The summed E-state index contributed by atoms with van der Waals surface area (Å²) < 4.78 is 31.8. The Morgan fingerprint density at radius 3 is 2.41 bits per heavy atom. The number of ether oxygens (including phenoxy) is 1. The van der Waals surface area contributed by atoms with Gasteiger partial charge in [-0.2, -0.15) is 0 Å². The first-order valence-corrected chi connectivity index (χ1v) is 6.06. The summed E-state index contributed by atoms with van der Waals surface area (Å²) in [5, 5.41) is 0. The van der Waals surface area contributed by atoms with Crippen LogP contribution in [0.15, 0.2) is 42.5 Å². The van der Waals surface area contributed by atoms with E-state index in [2.05, 4.69) is 0 Å². The Morgan fingerprint density at radius 2 is 1.71 bits per heavy atom. The van der Waals surface area contributed by atoms with Gasteiger partial charge in [0.2, 0.25) is 0 Å². The fraction of sp³-hybridized carbons (Fsp3) is 0.0769. The minimum absolute atomic E-state index is 0.165. The zero-order valence-corrected chi connectivity index (χ0v) is 10.9. The number of hydrogen-bond acceptors (Lipinski definition) is 1. The highest BCUT2D eigenvalue weighted by Gasteiger charge is 2.11. The Kier molecular flexibility index (Phi) is 3.93. The van der Waals surface area contributed by atoms with Gasteiger partial charge in [-0.1, -0.05) is 30.3 Å². The molecular formula is C13H9F2IO. The lowest BCUT2D eigenvalue weighted by Crippen LogP contribution is -1.99. The largest absolute Gasteiger partial charge is 0.488 e. The van der Waals surface area contributed by atoms with Gasteiger partial charge in [0, 0.05) is 0 Å². The maximum atomic E-state index is 13.3. The molecule has 17 heavy (non-hydrogen) atoms. The summed E-state index contributed by atoms with van der Waals surface area (Å²) in [6.07, 6.45) is 0. The van der Waals surface area contributed by atoms with Crippen LogP contribution in [0.25, 0.3) is 0 Å². The molecule has 0 bridgehead atoms. The number of halogens is 3. The second kappa shape index (κ2) is 5.44. The second-order valence-electron chi connectivity index (χ2n) is 3.45. The molecule has 0 aliphatic heterocycles. The molecule has 0 radical (unpaired) electrons. The van der Waals surface area contributed by atoms with Crippen molar-refractivity contribution in [1.82, 2.24) is 0 Å². The SMILES string of the molecule is Fc1ccc(OCc2ccccc2)c(I)c1F. The van der Waals surface area contributed by atoms with E-state index in [9.17, 15) is 8.78 Å². The molecule has 2 rings (SSSR count). The Bertz CT molecular complexity index is 514. The van der Waals surface area contributed by atoms with E-state index in [1.165, 1.54) is 6.07 Å². The van der Waals surface area contributed by atoms with Crippen LogP contribution in [0.1, 0.15) is 5.56 Å². The van der Waals surface area contributed by atoms with E-state index in [4.69, 9.17) is 4.74 Å². The van der Waals surface area contributed by atoms with Crippen LogP contribution in [-0.4, -0.2) is 0 Å². The van der Waals surface area contributed by atoms with Gasteiger partial charge in [0.15, 0.2) is 11.6 Å². The second-order valence-corrected chi connectivity index (χ2v) is 4.53. The van der Waals surface area contributed by atoms with Crippen molar-refractivity contribution in [2.24, 2.45) is 0 Å². The highest BCUT2D eigenvalue weighted by atomic mass is 127. The minimum Gasteiger partial charge on any atom is -0.488 e. The van der Waals surface area contributed by atoms with E-state index >= 15 is 0 Å². The highest BCUT2D eigenvalue weighted by Crippen LogP contribution is 2.26. The fourth-order valence-corrected chi connectivity index (χ4v) is 1.95. The van der Waals surface area contributed by atoms with Crippen molar-refractivity contribution in [2.45, 2.75) is 6.61 Å². The topological polar surface area (TPSA) is 9.23 Å². The van der Waals surface area contributed by atoms with Crippen molar-refractivity contribution in [3.63, 3.8) is 0 Å². The van der Waals surface area contributed by atoms with Crippen LogP contribution in [0, 0.1) is 15.2 Å². The van der Waals surface area contributed by atoms with E-state index in [1.54, 1.807) is 22.6 Å². The van der Waals surface area contributed by atoms with E-state index < -0.39 is 11.6 Å². The summed E-state index contributed by atoms with van der Waals surface area (Å²) in [5.74, 6) is -1.37. The van der Waals surface area contributed by atoms with Gasteiger partial charge >= 0.3 is 0 Å². The molecule has 0 aliphatic carbocycles. The smallest absolute Gasteiger partial charge is 0.175 e. The number of benzene rings is 2. The first-order chi connectivity index (χ1) is 8.18. The van der Waals surface area contributed by atoms with Crippen LogP contribution in [-0.2, 0) is 6.61 Å². The lowest BCUT2D eigenvalue weighted by atomic mass is 10.2. The molecule has 0 heterocycles. The molecule has 2 aromatic carbocycles. The van der Waals surface area contributed by atoms with E-state index in [0.717, 1.165) is 11.6 Å². The van der Waals surface area contributed by atoms with Crippen LogP contribution >= 0.6 is 22.6 Å². The average Bonchev–Trinajstić information content (AvgIpc) is 2.36. The molecular weight excluding hydrogens is 337 g/mol. The normalized spacial score (nSPS) is 10.3. The first kappa shape index (κ1) is 12.3. The molecule has 88 valence electrons. The summed E-state index contributed by atoms with van der Waals surface area (Å²) in [6.45, 7) is 0.335. The van der Waals surface area contributed by atoms with Crippen molar-refractivity contribution < 1.29 is 13.5 Å². The monoisotopic (exact) mass is 346 g/mol. The summed E-state index contributed by atoms with van der Waals surface area (Å²) in [5.41, 5.74) is 0.980. The van der Waals surface area contributed by atoms with Crippen molar-refractivity contribution in [3.05, 3.63) is 63.2 Å². The molecule has 0 aromatic heterocycles. The Balaban J connectivity index is 2.13. The van der Waals surface area contributed by atoms with Gasteiger partial charge in [-0.05, 0) is 40.3 Å².